The van der Waals surface area contributed by atoms with Crippen LogP contribution in [0.4, 0.5) is 17.6 Å². The lowest BCUT2D eigenvalue weighted by Crippen LogP contribution is -2.25. The van der Waals surface area contributed by atoms with Gasteiger partial charge in [0.15, 0.2) is 23.3 Å². The van der Waals surface area contributed by atoms with Crippen molar-refractivity contribution in [3.8, 4) is 0 Å². The Morgan fingerprint density at radius 1 is 0.386 bits per heavy atom. The van der Waals surface area contributed by atoms with E-state index in [2.05, 4.69) is 13.8 Å². The first kappa shape index (κ1) is 33.5. The van der Waals surface area contributed by atoms with Crippen molar-refractivity contribution in [2.75, 3.05) is 0 Å². The van der Waals surface area contributed by atoms with Crippen LogP contribution in [-0.4, -0.2) is 0 Å². The van der Waals surface area contributed by atoms with E-state index in [1.807, 2.05) is 0 Å². The zero-order valence-electron chi connectivity index (χ0n) is 27.8. The minimum atomic E-state index is -0.652. The summed E-state index contributed by atoms with van der Waals surface area (Å²) in [6, 6.07) is 7.06. The molecule has 0 aromatic heterocycles. The molecule has 0 saturated heterocycles. The average Bonchev–Trinajstić information content (AvgIpc) is 3.04. The van der Waals surface area contributed by atoms with Crippen LogP contribution in [0.5, 0.6) is 0 Å². The molecule has 0 atom stereocenters. The first-order chi connectivity index (χ1) is 21.1. The summed E-state index contributed by atoms with van der Waals surface area (Å²) in [5.74, 6) is 3.14. The lowest BCUT2D eigenvalue weighted by atomic mass is 9.68. The topological polar surface area (TPSA) is 0 Å². The molecular formula is C40H56F4. The molecule has 4 saturated carbocycles. The molecule has 0 aliphatic heterocycles. The van der Waals surface area contributed by atoms with Crippen LogP contribution in [0.25, 0.3) is 0 Å². The molecule has 0 bridgehead atoms. The summed E-state index contributed by atoms with van der Waals surface area (Å²) in [6.45, 7) is 7.98. The molecule has 0 N–H and O–H groups in total. The minimum Gasteiger partial charge on any atom is -0.203 e. The second kappa shape index (κ2) is 15.2. The molecule has 0 heterocycles. The van der Waals surface area contributed by atoms with Crippen LogP contribution in [0.2, 0.25) is 0 Å². The maximum Gasteiger partial charge on any atom is 0.162 e. The maximum atomic E-state index is 14.2. The Labute approximate surface area is 264 Å². The quantitative estimate of drug-likeness (QED) is 0.301. The van der Waals surface area contributed by atoms with Crippen molar-refractivity contribution >= 4 is 0 Å². The van der Waals surface area contributed by atoms with Crippen molar-refractivity contribution in [3.05, 3.63) is 69.8 Å². The Bertz CT molecular complexity index is 1110. The third-order valence-corrected chi connectivity index (χ3v) is 12.5. The lowest BCUT2D eigenvalue weighted by Gasteiger charge is -2.37. The fraction of sp³-hybridized carbons (Fsp3) is 0.700. The number of rotatable bonds is 4. The van der Waals surface area contributed by atoms with Crippen molar-refractivity contribution in [1.82, 2.24) is 0 Å². The molecule has 4 aliphatic carbocycles. The zero-order chi connectivity index (χ0) is 31.4. The van der Waals surface area contributed by atoms with Crippen molar-refractivity contribution in [1.29, 1.82) is 0 Å². The van der Waals surface area contributed by atoms with E-state index in [0.29, 0.717) is 22.3 Å². The highest BCUT2D eigenvalue weighted by molar-refractivity contribution is 5.29. The van der Waals surface area contributed by atoms with E-state index in [9.17, 15) is 17.6 Å². The Hall–Kier alpha value is -1.84. The van der Waals surface area contributed by atoms with E-state index in [0.717, 1.165) is 61.2 Å². The predicted octanol–water partition coefficient (Wildman–Crippen LogP) is 12.7. The maximum absolute atomic E-state index is 14.2. The molecule has 0 radical (unpaired) electrons. The molecule has 4 fully saturated rings. The van der Waals surface area contributed by atoms with Gasteiger partial charge in [-0.2, -0.15) is 0 Å². The summed E-state index contributed by atoms with van der Waals surface area (Å²) in [6.07, 6.45) is 19.9. The molecule has 0 unspecified atom stereocenters. The van der Waals surface area contributed by atoms with Crippen LogP contribution in [0.15, 0.2) is 24.3 Å². The lowest BCUT2D eigenvalue weighted by molar-refractivity contribution is 0.164. The van der Waals surface area contributed by atoms with Gasteiger partial charge in [0, 0.05) is 0 Å². The Balaban J connectivity index is 0.000000175. The van der Waals surface area contributed by atoms with Gasteiger partial charge in [0.25, 0.3) is 0 Å². The third kappa shape index (κ3) is 7.92. The SMILES string of the molecule is Cc1ccc(C2CCC(C3CCC(C)CC3)CC2)c(F)c1F.Cc1ccc(C2CCC(C3CCC(C)CC3)CC2)c(F)c1F. The Morgan fingerprint density at radius 3 is 0.955 bits per heavy atom. The smallest absolute Gasteiger partial charge is 0.162 e. The number of benzene rings is 2. The van der Waals surface area contributed by atoms with Crippen LogP contribution in [0.1, 0.15) is 151 Å². The van der Waals surface area contributed by atoms with Gasteiger partial charge in [0.05, 0.1) is 0 Å². The molecule has 2 aromatic carbocycles. The predicted molar refractivity (Wildman–Crippen MR) is 174 cm³/mol. The second-order valence-electron chi connectivity index (χ2n) is 15.5. The van der Waals surface area contributed by atoms with Gasteiger partial charge in [-0.1, -0.05) is 63.8 Å². The molecule has 0 nitrogen and oxygen atoms in total. The average molecular weight is 613 g/mol. The van der Waals surface area contributed by atoms with Gasteiger partial charge in [0.2, 0.25) is 0 Å². The molecule has 44 heavy (non-hydrogen) atoms. The van der Waals surface area contributed by atoms with Gasteiger partial charge in [-0.15, -0.1) is 0 Å². The fourth-order valence-corrected chi connectivity index (χ4v) is 9.27. The summed E-state index contributed by atoms with van der Waals surface area (Å²) < 4.78 is 55.9. The van der Waals surface area contributed by atoms with Crippen molar-refractivity contribution < 1.29 is 17.6 Å². The van der Waals surface area contributed by atoms with Gasteiger partial charge in [0.1, 0.15) is 0 Å². The van der Waals surface area contributed by atoms with E-state index in [1.165, 1.54) is 77.0 Å². The van der Waals surface area contributed by atoms with Crippen LogP contribution < -0.4 is 0 Å². The summed E-state index contributed by atoms with van der Waals surface area (Å²) in [4.78, 5) is 0. The molecule has 0 spiro atoms. The Morgan fingerprint density at radius 2 is 0.659 bits per heavy atom. The summed E-state index contributed by atoms with van der Waals surface area (Å²) in [5, 5.41) is 0. The van der Waals surface area contributed by atoms with Gasteiger partial charge in [-0.25, -0.2) is 17.6 Å². The standard InChI is InChI=1S/2C20H28F2/c2*1-13-3-6-15(7-4-13)16-8-10-17(11-9-16)18-12-5-14(2)19(21)20(18)22/h2*5,12-13,15-17H,3-4,6-11H2,1-2H3. The normalized spacial score (nSPS) is 32.9. The molecule has 4 aliphatic rings. The largest absolute Gasteiger partial charge is 0.203 e. The molecular weight excluding hydrogens is 556 g/mol. The highest BCUT2D eigenvalue weighted by Crippen LogP contribution is 2.46. The highest BCUT2D eigenvalue weighted by Gasteiger charge is 2.33. The first-order valence-electron chi connectivity index (χ1n) is 18.0. The van der Waals surface area contributed by atoms with E-state index < -0.39 is 23.3 Å². The van der Waals surface area contributed by atoms with Crippen LogP contribution in [-0.2, 0) is 0 Å². The van der Waals surface area contributed by atoms with Crippen LogP contribution in [0.3, 0.4) is 0 Å². The molecule has 2 aromatic rings. The number of halogens is 4. The number of aryl methyl sites for hydroxylation is 2. The van der Waals surface area contributed by atoms with Gasteiger partial charge < -0.3 is 0 Å². The van der Waals surface area contributed by atoms with Crippen molar-refractivity contribution in [2.45, 2.75) is 142 Å². The fourth-order valence-electron chi connectivity index (χ4n) is 9.27. The van der Waals surface area contributed by atoms with Crippen molar-refractivity contribution in [2.24, 2.45) is 35.5 Å². The Kier molecular flexibility index (Phi) is 11.6. The summed E-state index contributed by atoms with van der Waals surface area (Å²) in [7, 11) is 0. The third-order valence-electron chi connectivity index (χ3n) is 12.5. The van der Waals surface area contributed by atoms with Gasteiger partial charge >= 0.3 is 0 Å². The number of hydrogen-bond acceptors (Lipinski definition) is 0. The van der Waals surface area contributed by atoms with Gasteiger partial charge in [-0.3, -0.25) is 0 Å². The van der Waals surface area contributed by atoms with Crippen LogP contribution >= 0.6 is 0 Å². The zero-order valence-corrected chi connectivity index (χ0v) is 27.8. The van der Waals surface area contributed by atoms with E-state index in [1.54, 1.807) is 38.1 Å². The second-order valence-corrected chi connectivity index (χ2v) is 15.5. The van der Waals surface area contributed by atoms with Gasteiger partial charge in [-0.05, 0) is 160 Å². The minimum absolute atomic E-state index is 0.217. The monoisotopic (exact) mass is 612 g/mol. The highest BCUT2D eigenvalue weighted by atomic mass is 19.2. The molecule has 0 amide bonds. The number of hydrogen-bond donors (Lipinski definition) is 0. The van der Waals surface area contributed by atoms with E-state index in [4.69, 9.17) is 0 Å². The molecule has 4 heteroatoms. The first-order valence-corrected chi connectivity index (χ1v) is 18.0. The van der Waals surface area contributed by atoms with E-state index >= 15 is 0 Å². The summed E-state index contributed by atoms with van der Waals surface area (Å²) in [5.41, 5.74) is 2.04. The molecule has 6 rings (SSSR count). The van der Waals surface area contributed by atoms with Crippen LogP contribution in [0, 0.1) is 72.6 Å². The summed E-state index contributed by atoms with van der Waals surface area (Å²) >= 11 is 0. The van der Waals surface area contributed by atoms with Crippen molar-refractivity contribution in [3.63, 3.8) is 0 Å². The molecule has 244 valence electrons. The van der Waals surface area contributed by atoms with E-state index in [-0.39, 0.29) is 11.8 Å².